The monoisotopic (exact) mass is 239 g/mol. The molecule has 0 aliphatic rings. The second-order valence-electron chi connectivity index (χ2n) is 4.93. The minimum absolute atomic E-state index is 0.0993. The molecule has 96 valence electrons. The van der Waals surface area contributed by atoms with Crippen molar-refractivity contribution in [3.8, 4) is 0 Å². The molecule has 5 nitrogen and oxygen atoms in total. The molecule has 1 heterocycles. The number of amides is 1. The van der Waals surface area contributed by atoms with Crippen LogP contribution < -0.4 is 0 Å². The minimum Gasteiger partial charge on any atom is -0.389 e. The van der Waals surface area contributed by atoms with Crippen molar-refractivity contribution in [3.63, 3.8) is 0 Å². The van der Waals surface area contributed by atoms with E-state index in [2.05, 4.69) is 5.10 Å². The average Bonchev–Trinajstić information content (AvgIpc) is 2.52. The standard InChI is InChI=1S/C12H21N3O2/c1-6-15(8-12(3,4)17)11(16)10-7-9(2)13-14(10)5/h7,17H,6,8H2,1-5H3. The van der Waals surface area contributed by atoms with Gasteiger partial charge in [-0.3, -0.25) is 9.48 Å². The highest BCUT2D eigenvalue weighted by molar-refractivity contribution is 5.92. The number of aromatic nitrogens is 2. The lowest BCUT2D eigenvalue weighted by Crippen LogP contribution is -2.42. The topological polar surface area (TPSA) is 58.4 Å². The van der Waals surface area contributed by atoms with Crippen LogP contribution in [0.2, 0.25) is 0 Å². The van der Waals surface area contributed by atoms with Gasteiger partial charge in [-0.05, 0) is 33.8 Å². The van der Waals surface area contributed by atoms with Crippen molar-refractivity contribution in [2.75, 3.05) is 13.1 Å². The first-order valence-electron chi connectivity index (χ1n) is 5.77. The van der Waals surface area contributed by atoms with Gasteiger partial charge in [-0.1, -0.05) is 0 Å². The summed E-state index contributed by atoms with van der Waals surface area (Å²) in [5.41, 5.74) is 0.475. The zero-order chi connectivity index (χ0) is 13.2. The van der Waals surface area contributed by atoms with Crippen molar-refractivity contribution < 1.29 is 9.90 Å². The summed E-state index contributed by atoms with van der Waals surface area (Å²) in [5, 5.41) is 13.9. The van der Waals surface area contributed by atoms with Gasteiger partial charge in [0.2, 0.25) is 0 Å². The van der Waals surface area contributed by atoms with Crippen LogP contribution in [0.4, 0.5) is 0 Å². The molecule has 0 bridgehead atoms. The molecule has 0 spiro atoms. The van der Waals surface area contributed by atoms with Crippen molar-refractivity contribution in [2.45, 2.75) is 33.3 Å². The number of likely N-dealkylation sites (N-methyl/N-ethyl adjacent to an activating group) is 1. The van der Waals surface area contributed by atoms with Crippen molar-refractivity contribution in [1.29, 1.82) is 0 Å². The molecular formula is C12H21N3O2. The fourth-order valence-corrected chi connectivity index (χ4v) is 1.77. The van der Waals surface area contributed by atoms with Crippen LogP contribution in [0, 0.1) is 6.92 Å². The Morgan fingerprint density at radius 3 is 2.53 bits per heavy atom. The number of rotatable bonds is 4. The maximum absolute atomic E-state index is 12.2. The van der Waals surface area contributed by atoms with Gasteiger partial charge in [0.15, 0.2) is 0 Å². The van der Waals surface area contributed by atoms with E-state index in [1.807, 2.05) is 13.8 Å². The Kier molecular flexibility index (Phi) is 3.93. The van der Waals surface area contributed by atoms with Gasteiger partial charge in [0.25, 0.3) is 5.91 Å². The van der Waals surface area contributed by atoms with Crippen LogP contribution in [0.5, 0.6) is 0 Å². The van der Waals surface area contributed by atoms with E-state index in [1.165, 1.54) is 0 Å². The highest BCUT2D eigenvalue weighted by atomic mass is 16.3. The van der Waals surface area contributed by atoms with Crippen LogP contribution in [-0.2, 0) is 7.05 Å². The molecule has 0 radical (unpaired) electrons. The maximum atomic E-state index is 12.2. The third kappa shape index (κ3) is 3.56. The molecule has 1 amide bonds. The summed E-state index contributed by atoms with van der Waals surface area (Å²) in [6, 6.07) is 1.76. The Morgan fingerprint density at radius 2 is 2.18 bits per heavy atom. The van der Waals surface area contributed by atoms with E-state index in [-0.39, 0.29) is 5.91 Å². The molecule has 5 heteroatoms. The maximum Gasteiger partial charge on any atom is 0.272 e. The molecular weight excluding hydrogens is 218 g/mol. The summed E-state index contributed by atoms with van der Waals surface area (Å²) in [5.74, 6) is -0.0993. The predicted molar refractivity (Wildman–Crippen MR) is 65.8 cm³/mol. The Labute approximate surface area is 102 Å². The average molecular weight is 239 g/mol. The smallest absolute Gasteiger partial charge is 0.272 e. The third-order valence-corrected chi connectivity index (χ3v) is 2.47. The zero-order valence-electron chi connectivity index (χ0n) is 11.2. The third-order valence-electron chi connectivity index (χ3n) is 2.47. The molecule has 0 unspecified atom stereocenters. The van der Waals surface area contributed by atoms with E-state index in [1.54, 1.807) is 36.5 Å². The lowest BCUT2D eigenvalue weighted by atomic mass is 10.1. The number of nitrogens with zero attached hydrogens (tertiary/aromatic N) is 3. The fraction of sp³-hybridized carbons (Fsp3) is 0.667. The Bertz CT molecular complexity index is 404. The number of carbonyl (C=O) groups is 1. The molecule has 0 aromatic carbocycles. The van der Waals surface area contributed by atoms with Gasteiger partial charge < -0.3 is 10.0 Å². The molecule has 0 aliphatic heterocycles. The van der Waals surface area contributed by atoms with Crippen LogP contribution in [0.1, 0.15) is 37.0 Å². The molecule has 1 aromatic rings. The van der Waals surface area contributed by atoms with E-state index in [0.717, 1.165) is 5.69 Å². The fourth-order valence-electron chi connectivity index (χ4n) is 1.77. The molecule has 0 fully saturated rings. The van der Waals surface area contributed by atoms with Crippen LogP contribution in [-0.4, -0.2) is 44.4 Å². The van der Waals surface area contributed by atoms with Gasteiger partial charge in [0.1, 0.15) is 5.69 Å². The first-order valence-corrected chi connectivity index (χ1v) is 5.77. The highest BCUT2D eigenvalue weighted by Gasteiger charge is 2.24. The lowest BCUT2D eigenvalue weighted by Gasteiger charge is -2.28. The second-order valence-corrected chi connectivity index (χ2v) is 4.93. The molecule has 1 rings (SSSR count). The van der Waals surface area contributed by atoms with Crippen molar-refractivity contribution >= 4 is 5.91 Å². The van der Waals surface area contributed by atoms with Crippen molar-refractivity contribution in [1.82, 2.24) is 14.7 Å². The number of hydrogen-bond donors (Lipinski definition) is 1. The molecule has 0 atom stereocenters. The Hall–Kier alpha value is -1.36. The SMILES string of the molecule is CCN(CC(C)(C)O)C(=O)c1cc(C)nn1C. The summed E-state index contributed by atoms with van der Waals surface area (Å²) in [4.78, 5) is 13.9. The van der Waals surface area contributed by atoms with E-state index >= 15 is 0 Å². The normalized spacial score (nSPS) is 11.6. The van der Waals surface area contributed by atoms with Crippen LogP contribution in [0.25, 0.3) is 0 Å². The molecule has 0 aliphatic carbocycles. The first kappa shape index (κ1) is 13.7. The van der Waals surface area contributed by atoms with E-state index in [4.69, 9.17) is 0 Å². The number of aliphatic hydroxyl groups is 1. The molecule has 1 N–H and O–H groups in total. The van der Waals surface area contributed by atoms with Gasteiger partial charge in [0, 0.05) is 20.1 Å². The van der Waals surface area contributed by atoms with E-state index in [9.17, 15) is 9.90 Å². The summed E-state index contributed by atoms with van der Waals surface area (Å²) < 4.78 is 1.57. The van der Waals surface area contributed by atoms with Gasteiger partial charge in [-0.25, -0.2) is 0 Å². The summed E-state index contributed by atoms with van der Waals surface area (Å²) >= 11 is 0. The number of carbonyl (C=O) groups excluding carboxylic acids is 1. The number of aryl methyl sites for hydroxylation is 2. The summed E-state index contributed by atoms with van der Waals surface area (Å²) in [7, 11) is 1.75. The molecule has 1 aromatic heterocycles. The quantitative estimate of drug-likeness (QED) is 0.851. The van der Waals surface area contributed by atoms with Gasteiger partial charge in [0.05, 0.1) is 11.3 Å². The Morgan fingerprint density at radius 1 is 1.59 bits per heavy atom. The molecule has 0 saturated carbocycles. The van der Waals surface area contributed by atoms with Crippen molar-refractivity contribution in [2.24, 2.45) is 7.05 Å². The zero-order valence-corrected chi connectivity index (χ0v) is 11.2. The first-order chi connectivity index (χ1) is 7.74. The van der Waals surface area contributed by atoms with Gasteiger partial charge in [-0.2, -0.15) is 5.10 Å². The second kappa shape index (κ2) is 4.87. The number of hydrogen-bond acceptors (Lipinski definition) is 3. The van der Waals surface area contributed by atoms with Crippen molar-refractivity contribution in [3.05, 3.63) is 17.5 Å². The predicted octanol–water partition coefficient (Wildman–Crippen LogP) is 0.962. The van der Waals surface area contributed by atoms with E-state index < -0.39 is 5.60 Å². The van der Waals surface area contributed by atoms with Crippen LogP contribution >= 0.6 is 0 Å². The van der Waals surface area contributed by atoms with Gasteiger partial charge >= 0.3 is 0 Å². The van der Waals surface area contributed by atoms with E-state index in [0.29, 0.717) is 18.8 Å². The highest BCUT2D eigenvalue weighted by Crippen LogP contribution is 2.10. The summed E-state index contributed by atoms with van der Waals surface area (Å²) in [6.07, 6.45) is 0. The minimum atomic E-state index is -0.890. The van der Waals surface area contributed by atoms with Crippen LogP contribution in [0.15, 0.2) is 6.07 Å². The van der Waals surface area contributed by atoms with Crippen LogP contribution in [0.3, 0.4) is 0 Å². The molecule has 17 heavy (non-hydrogen) atoms. The van der Waals surface area contributed by atoms with Gasteiger partial charge in [-0.15, -0.1) is 0 Å². The lowest BCUT2D eigenvalue weighted by molar-refractivity contribution is 0.0309. The largest absolute Gasteiger partial charge is 0.389 e. The molecule has 0 saturated heterocycles. The Balaban J connectivity index is 2.90. The summed E-state index contributed by atoms with van der Waals surface area (Å²) in [6.45, 7) is 8.00.